The summed E-state index contributed by atoms with van der Waals surface area (Å²) >= 11 is 5.82. The van der Waals surface area contributed by atoms with Crippen molar-refractivity contribution in [2.75, 3.05) is 5.73 Å². The minimum Gasteiger partial charge on any atom is -0.398 e. The SMILES string of the molecule is Nc1cc(Cl)ccc1C1=CCCC1. The van der Waals surface area contributed by atoms with Crippen LogP contribution in [-0.2, 0) is 0 Å². The first kappa shape index (κ1) is 8.64. The fraction of sp³-hybridized carbons (Fsp3) is 0.273. The van der Waals surface area contributed by atoms with Crippen LogP contribution in [0.15, 0.2) is 24.3 Å². The van der Waals surface area contributed by atoms with E-state index in [0.717, 1.165) is 17.7 Å². The summed E-state index contributed by atoms with van der Waals surface area (Å²) < 4.78 is 0. The number of hydrogen-bond acceptors (Lipinski definition) is 1. The van der Waals surface area contributed by atoms with Gasteiger partial charge in [-0.3, -0.25) is 0 Å². The molecule has 2 rings (SSSR count). The number of hydrogen-bond donors (Lipinski definition) is 1. The van der Waals surface area contributed by atoms with Crippen molar-refractivity contribution < 1.29 is 0 Å². The molecule has 0 atom stereocenters. The van der Waals surface area contributed by atoms with E-state index in [1.807, 2.05) is 18.2 Å². The molecule has 1 nitrogen and oxygen atoms in total. The molecule has 2 heteroatoms. The van der Waals surface area contributed by atoms with E-state index in [4.69, 9.17) is 17.3 Å². The van der Waals surface area contributed by atoms with Crippen molar-refractivity contribution >= 4 is 22.9 Å². The summed E-state index contributed by atoms with van der Waals surface area (Å²) in [6.07, 6.45) is 5.83. The summed E-state index contributed by atoms with van der Waals surface area (Å²) in [5.74, 6) is 0. The standard InChI is InChI=1S/C11H12ClN/c12-9-5-6-10(11(13)7-9)8-3-1-2-4-8/h3,5-7H,1-2,4,13H2. The van der Waals surface area contributed by atoms with E-state index >= 15 is 0 Å². The zero-order valence-corrected chi connectivity index (χ0v) is 8.14. The van der Waals surface area contributed by atoms with E-state index < -0.39 is 0 Å². The van der Waals surface area contributed by atoms with Crippen molar-refractivity contribution in [1.82, 2.24) is 0 Å². The van der Waals surface area contributed by atoms with Crippen LogP contribution < -0.4 is 5.73 Å². The van der Waals surface area contributed by atoms with Crippen LogP contribution in [0.25, 0.3) is 5.57 Å². The van der Waals surface area contributed by atoms with Crippen molar-refractivity contribution in [3.8, 4) is 0 Å². The maximum absolute atomic E-state index is 5.88. The zero-order valence-electron chi connectivity index (χ0n) is 7.39. The van der Waals surface area contributed by atoms with Gasteiger partial charge in [0.2, 0.25) is 0 Å². The van der Waals surface area contributed by atoms with Gasteiger partial charge in [0, 0.05) is 16.3 Å². The second kappa shape index (κ2) is 3.43. The molecular weight excluding hydrogens is 182 g/mol. The fourth-order valence-corrected chi connectivity index (χ4v) is 1.92. The average molecular weight is 194 g/mol. The molecule has 0 radical (unpaired) electrons. The summed E-state index contributed by atoms with van der Waals surface area (Å²) in [4.78, 5) is 0. The van der Waals surface area contributed by atoms with Crippen LogP contribution in [0.1, 0.15) is 24.8 Å². The summed E-state index contributed by atoms with van der Waals surface area (Å²) in [5, 5.41) is 0.708. The molecule has 68 valence electrons. The second-order valence-corrected chi connectivity index (χ2v) is 3.79. The van der Waals surface area contributed by atoms with E-state index in [-0.39, 0.29) is 0 Å². The molecule has 2 N–H and O–H groups in total. The van der Waals surface area contributed by atoms with E-state index in [1.54, 1.807) is 0 Å². The van der Waals surface area contributed by atoms with Gasteiger partial charge in [0.1, 0.15) is 0 Å². The van der Waals surface area contributed by atoms with Crippen LogP contribution >= 0.6 is 11.6 Å². The predicted molar refractivity (Wildman–Crippen MR) is 57.7 cm³/mol. The summed E-state index contributed by atoms with van der Waals surface area (Å²) in [5.41, 5.74) is 9.19. The number of nitrogens with two attached hydrogens (primary N) is 1. The van der Waals surface area contributed by atoms with Crippen molar-refractivity contribution in [2.45, 2.75) is 19.3 Å². The van der Waals surface area contributed by atoms with Crippen LogP contribution in [0.5, 0.6) is 0 Å². The molecular formula is C11H12ClN. The third-order valence-corrected chi connectivity index (χ3v) is 2.64. The average Bonchev–Trinajstić information content (AvgIpc) is 2.56. The van der Waals surface area contributed by atoms with Crippen molar-refractivity contribution in [3.05, 3.63) is 34.9 Å². The first-order valence-corrected chi connectivity index (χ1v) is 4.89. The van der Waals surface area contributed by atoms with Gasteiger partial charge >= 0.3 is 0 Å². The highest BCUT2D eigenvalue weighted by Crippen LogP contribution is 2.32. The summed E-state index contributed by atoms with van der Waals surface area (Å²) in [6, 6.07) is 5.72. The smallest absolute Gasteiger partial charge is 0.0426 e. The van der Waals surface area contributed by atoms with Crippen LogP contribution in [0.2, 0.25) is 5.02 Å². The molecule has 0 amide bonds. The van der Waals surface area contributed by atoms with Crippen molar-refractivity contribution in [1.29, 1.82) is 0 Å². The Balaban J connectivity index is 2.40. The fourth-order valence-electron chi connectivity index (χ4n) is 1.74. The molecule has 1 aromatic carbocycles. The Morgan fingerprint density at radius 1 is 1.31 bits per heavy atom. The van der Waals surface area contributed by atoms with Crippen LogP contribution in [0.4, 0.5) is 5.69 Å². The highest BCUT2D eigenvalue weighted by molar-refractivity contribution is 6.30. The Morgan fingerprint density at radius 3 is 2.77 bits per heavy atom. The number of benzene rings is 1. The molecule has 0 aliphatic heterocycles. The van der Waals surface area contributed by atoms with Gasteiger partial charge in [-0.05, 0) is 37.0 Å². The lowest BCUT2D eigenvalue weighted by atomic mass is 10.0. The maximum Gasteiger partial charge on any atom is 0.0426 e. The highest BCUT2D eigenvalue weighted by Gasteiger charge is 2.09. The van der Waals surface area contributed by atoms with Crippen molar-refractivity contribution in [3.63, 3.8) is 0 Å². The largest absolute Gasteiger partial charge is 0.398 e. The van der Waals surface area contributed by atoms with E-state index in [0.29, 0.717) is 5.02 Å². The molecule has 0 saturated carbocycles. The zero-order chi connectivity index (χ0) is 9.26. The van der Waals surface area contributed by atoms with Crippen LogP contribution in [0.3, 0.4) is 0 Å². The van der Waals surface area contributed by atoms with Gasteiger partial charge in [-0.2, -0.15) is 0 Å². The number of allylic oxidation sites excluding steroid dienone is 2. The first-order chi connectivity index (χ1) is 6.27. The molecule has 0 unspecified atom stereocenters. The Bertz CT molecular complexity index is 355. The van der Waals surface area contributed by atoms with E-state index in [9.17, 15) is 0 Å². The van der Waals surface area contributed by atoms with Gasteiger partial charge in [-0.1, -0.05) is 23.7 Å². The quantitative estimate of drug-likeness (QED) is 0.679. The molecule has 0 spiro atoms. The molecule has 0 fully saturated rings. The number of nitrogen functional groups attached to an aromatic ring is 1. The lowest BCUT2D eigenvalue weighted by Gasteiger charge is -2.06. The third kappa shape index (κ3) is 1.70. The minimum absolute atomic E-state index is 0.708. The van der Waals surface area contributed by atoms with Gasteiger partial charge < -0.3 is 5.73 Å². The van der Waals surface area contributed by atoms with Crippen LogP contribution in [0, 0.1) is 0 Å². The molecule has 1 aliphatic rings. The van der Waals surface area contributed by atoms with Gasteiger partial charge in [-0.25, -0.2) is 0 Å². The lowest BCUT2D eigenvalue weighted by Crippen LogP contribution is -1.92. The van der Waals surface area contributed by atoms with Gasteiger partial charge in [0.25, 0.3) is 0 Å². The molecule has 1 aromatic rings. The second-order valence-electron chi connectivity index (χ2n) is 3.35. The van der Waals surface area contributed by atoms with Crippen molar-refractivity contribution in [2.24, 2.45) is 0 Å². The maximum atomic E-state index is 5.88. The molecule has 0 bridgehead atoms. The monoisotopic (exact) mass is 193 g/mol. The lowest BCUT2D eigenvalue weighted by molar-refractivity contribution is 0.935. The van der Waals surface area contributed by atoms with Crippen LogP contribution in [-0.4, -0.2) is 0 Å². The van der Waals surface area contributed by atoms with Gasteiger partial charge in [0.15, 0.2) is 0 Å². The molecule has 13 heavy (non-hydrogen) atoms. The Labute approximate surface area is 83.2 Å². The normalized spacial score (nSPS) is 15.9. The summed E-state index contributed by atoms with van der Waals surface area (Å²) in [6.45, 7) is 0. The molecule has 0 saturated heterocycles. The van der Waals surface area contributed by atoms with Gasteiger partial charge in [0.05, 0.1) is 0 Å². The van der Waals surface area contributed by atoms with E-state index in [1.165, 1.54) is 18.4 Å². The highest BCUT2D eigenvalue weighted by atomic mass is 35.5. The third-order valence-electron chi connectivity index (χ3n) is 2.40. The Morgan fingerprint density at radius 2 is 2.15 bits per heavy atom. The molecule has 1 aliphatic carbocycles. The Kier molecular flexibility index (Phi) is 2.28. The minimum atomic E-state index is 0.708. The Hall–Kier alpha value is -0.950. The van der Waals surface area contributed by atoms with E-state index in [2.05, 4.69) is 6.08 Å². The predicted octanol–water partition coefficient (Wildman–Crippen LogP) is 3.49. The molecule has 0 aromatic heterocycles. The summed E-state index contributed by atoms with van der Waals surface area (Å²) in [7, 11) is 0. The number of anilines is 1. The number of rotatable bonds is 1. The van der Waals surface area contributed by atoms with Gasteiger partial charge in [-0.15, -0.1) is 0 Å². The molecule has 0 heterocycles. The first-order valence-electron chi connectivity index (χ1n) is 4.52. The topological polar surface area (TPSA) is 26.0 Å². The number of halogens is 1.